The number of hydrogen-bond donors (Lipinski definition) is 1. The fraction of sp³-hybridized carbons (Fsp3) is 0.800. The minimum absolute atomic E-state index is 0.310. The standard InChI is InChI=1S/C20H32O/c1-6-14(2)7-8-17-18(3)11-9-15-13-19(15,4)16(18)10-12-20(17,5)21/h6,15-17,21H,1-2,7-13H2,3-5H3/t15-,16+,17+,18-,19+,20+/m0/s1. The topological polar surface area (TPSA) is 20.2 Å². The van der Waals surface area contributed by atoms with Crippen LogP contribution in [-0.4, -0.2) is 10.7 Å². The van der Waals surface area contributed by atoms with Crippen LogP contribution in [-0.2, 0) is 0 Å². The van der Waals surface area contributed by atoms with Gasteiger partial charge in [-0.25, -0.2) is 0 Å². The average Bonchev–Trinajstić information content (AvgIpc) is 3.08. The number of hydrogen-bond acceptors (Lipinski definition) is 1. The van der Waals surface area contributed by atoms with Crippen LogP contribution in [0.3, 0.4) is 0 Å². The van der Waals surface area contributed by atoms with Crippen molar-refractivity contribution in [1.82, 2.24) is 0 Å². The van der Waals surface area contributed by atoms with Crippen LogP contribution in [0, 0.1) is 28.6 Å². The van der Waals surface area contributed by atoms with Crippen LogP contribution in [0.15, 0.2) is 24.8 Å². The van der Waals surface area contributed by atoms with Crippen LogP contribution >= 0.6 is 0 Å². The molecule has 1 N–H and O–H groups in total. The average molecular weight is 288 g/mol. The van der Waals surface area contributed by atoms with Gasteiger partial charge in [-0.05, 0) is 80.5 Å². The Labute approximate surface area is 130 Å². The molecular weight excluding hydrogens is 256 g/mol. The highest BCUT2D eigenvalue weighted by molar-refractivity contribution is 5.17. The van der Waals surface area contributed by atoms with Crippen molar-refractivity contribution in [2.24, 2.45) is 28.6 Å². The summed E-state index contributed by atoms with van der Waals surface area (Å²) in [5.74, 6) is 2.19. The lowest BCUT2D eigenvalue weighted by Gasteiger charge is -2.58. The third kappa shape index (κ3) is 2.23. The van der Waals surface area contributed by atoms with Crippen LogP contribution in [0.1, 0.15) is 65.7 Å². The molecule has 3 fully saturated rings. The van der Waals surface area contributed by atoms with Crippen molar-refractivity contribution in [3.63, 3.8) is 0 Å². The van der Waals surface area contributed by atoms with Gasteiger partial charge in [-0.1, -0.05) is 38.7 Å². The first kappa shape index (κ1) is 15.3. The second kappa shape index (κ2) is 4.72. The molecule has 0 bridgehead atoms. The largest absolute Gasteiger partial charge is 0.390 e. The molecule has 0 spiro atoms. The Morgan fingerprint density at radius 2 is 1.90 bits per heavy atom. The number of allylic oxidation sites excluding steroid dienone is 2. The van der Waals surface area contributed by atoms with Gasteiger partial charge in [0.25, 0.3) is 0 Å². The fourth-order valence-electron chi connectivity index (χ4n) is 6.21. The molecule has 0 radical (unpaired) electrons. The maximum Gasteiger partial charge on any atom is 0.0653 e. The van der Waals surface area contributed by atoms with E-state index in [4.69, 9.17) is 0 Å². The summed E-state index contributed by atoms with van der Waals surface area (Å²) in [5.41, 5.74) is 1.50. The molecule has 0 aliphatic heterocycles. The van der Waals surface area contributed by atoms with Gasteiger partial charge in [0.2, 0.25) is 0 Å². The van der Waals surface area contributed by atoms with Gasteiger partial charge in [0.1, 0.15) is 0 Å². The zero-order chi connectivity index (χ0) is 15.5. The van der Waals surface area contributed by atoms with E-state index in [2.05, 4.69) is 33.9 Å². The molecule has 21 heavy (non-hydrogen) atoms. The van der Waals surface area contributed by atoms with Gasteiger partial charge >= 0.3 is 0 Å². The fourth-order valence-corrected chi connectivity index (χ4v) is 6.21. The van der Waals surface area contributed by atoms with Gasteiger partial charge in [0.15, 0.2) is 0 Å². The highest BCUT2D eigenvalue weighted by Gasteiger charge is 2.67. The molecule has 3 rings (SSSR count). The van der Waals surface area contributed by atoms with E-state index in [-0.39, 0.29) is 0 Å². The van der Waals surface area contributed by atoms with Crippen molar-refractivity contribution in [3.8, 4) is 0 Å². The summed E-state index contributed by atoms with van der Waals surface area (Å²) in [4.78, 5) is 0. The first-order valence-corrected chi connectivity index (χ1v) is 8.76. The van der Waals surface area contributed by atoms with Crippen molar-refractivity contribution < 1.29 is 5.11 Å². The molecule has 0 heterocycles. The molecular formula is C20H32O. The summed E-state index contributed by atoms with van der Waals surface area (Å²) in [6.45, 7) is 15.0. The Morgan fingerprint density at radius 3 is 2.57 bits per heavy atom. The lowest BCUT2D eigenvalue weighted by atomic mass is 9.48. The van der Waals surface area contributed by atoms with E-state index in [1.807, 2.05) is 6.08 Å². The highest BCUT2D eigenvalue weighted by Crippen LogP contribution is 2.73. The third-order valence-electron chi connectivity index (χ3n) is 7.61. The summed E-state index contributed by atoms with van der Waals surface area (Å²) in [7, 11) is 0. The minimum atomic E-state index is -0.509. The lowest BCUT2D eigenvalue weighted by Crippen LogP contribution is -2.55. The second-order valence-electron chi connectivity index (χ2n) is 8.85. The number of fused-ring (bicyclic) bond motifs is 3. The van der Waals surface area contributed by atoms with Crippen molar-refractivity contribution in [3.05, 3.63) is 24.8 Å². The smallest absolute Gasteiger partial charge is 0.0653 e. The Bertz CT molecular complexity index is 462. The van der Waals surface area contributed by atoms with Crippen molar-refractivity contribution in [2.45, 2.75) is 71.3 Å². The van der Waals surface area contributed by atoms with Crippen LogP contribution in [0.4, 0.5) is 0 Å². The molecule has 1 heteroatoms. The van der Waals surface area contributed by atoms with Crippen LogP contribution < -0.4 is 0 Å². The van der Waals surface area contributed by atoms with Crippen LogP contribution in [0.25, 0.3) is 0 Å². The summed E-state index contributed by atoms with van der Waals surface area (Å²) in [5, 5.41) is 11.1. The molecule has 0 aromatic rings. The van der Waals surface area contributed by atoms with Gasteiger partial charge in [-0.2, -0.15) is 0 Å². The monoisotopic (exact) mass is 288 g/mol. The molecule has 0 aromatic carbocycles. The molecule has 3 saturated carbocycles. The summed E-state index contributed by atoms with van der Waals surface area (Å²) in [6.07, 6.45) is 10.2. The predicted molar refractivity (Wildman–Crippen MR) is 89.0 cm³/mol. The SMILES string of the molecule is C=CC(=C)CC[C@@H]1[C@@]2(C)CC[C@H]3C[C@@]3(C)[C@@H]2CC[C@@]1(C)O. The molecule has 118 valence electrons. The van der Waals surface area contributed by atoms with Crippen molar-refractivity contribution in [1.29, 1.82) is 0 Å². The van der Waals surface area contributed by atoms with Gasteiger partial charge in [0, 0.05) is 0 Å². The van der Waals surface area contributed by atoms with E-state index in [0.29, 0.717) is 16.7 Å². The van der Waals surface area contributed by atoms with E-state index >= 15 is 0 Å². The first-order chi connectivity index (χ1) is 9.74. The maximum atomic E-state index is 11.1. The predicted octanol–water partition coefficient (Wildman–Crippen LogP) is 5.11. The van der Waals surface area contributed by atoms with E-state index in [1.165, 1.54) is 25.7 Å². The van der Waals surface area contributed by atoms with E-state index in [0.717, 1.165) is 36.7 Å². The van der Waals surface area contributed by atoms with Gasteiger partial charge in [-0.15, -0.1) is 0 Å². The Hall–Kier alpha value is -0.560. The maximum absolute atomic E-state index is 11.1. The van der Waals surface area contributed by atoms with Gasteiger partial charge < -0.3 is 5.11 Å². The van der Waals surface area contributed by atoms with E-state index in [1.54, 1.807) is 0 Å². The van der Waals surface area contributed by atoms with Crippen LogP contribution in [0.5, 0.6) is 0 Å². The normalized spacial score (nSPS) is 51.7. The molecule has 1 nitrogen and oxygen atoms in total. The molecule has 0 aromatic heterocycles. The second-order valence-corrected chi connectivity index (χ2v) is 8.85. The van der Waals surface area contributed by atoms with Gasteiger partial charge in [0.05, 0.1) is 5.60 Å². The molecule has 3 aliphatic carbocycles. The van der Waals surface area contributed by atoms with E-state index < -0.39 is 5.60 Å². The molecule has 6 atom stereocenters. The Morgan fingerprint density at radius 1 is 1.19 bits per heavy atom. The number of rotatable bonds is 4. The molecule has 0 unspecified atom stereocenters. The highest BCUT2D eigenvalue weighted by atomic mass is 16.3. The van der Waals surface area contributed by atoms with E-state index in [9.17, 15) is 5.11 Å². The van der Waals surface area contributed by atoms with Crippen molar-refractivity contribution in [2.75, 3.05) is 0 Å². The number of aliphatic hydroxyl groups is 1. The van der Waals surface area contributed by atoms with Crippen LogP contribution in [0.2, 0.25) is 0 Å². The minimum Gasteiger partial charge on any atom is -0.390 e. The van der Waals surface area contributed by atoms with Crippen molar-refractivity contribution >= 4 is 0 Å². The Balaban J connectivity index is 1.86. The molecule has 0 amide bonds. The quantitative estimate of drug-likeness (QED) is 0.712. The summed E-state index contributed by atoms with van der Waals surface area (Å²) >= 11 is 0. The summed E-state index contributed by atoms with van der Waals surface area (Å²) in [6, 6.07) is 0. The zero-order valence-corrected chi connectivity index (χ0v) is 14.1. The molecule has 0 saturated heterocycles. The first-order valence-electron chi connectivity index (χ1n) is 8.76. The third-order valence-corrected chi connectivity index (χ3v) is 7.61. The van der Waals surface area contributed by atoms with Gasteiger partial charge in [-0.3, -0.25) is 0 Å². The Kier molecular flexibility index (Phi) is 3.44. The lowest BCUT2D eigenvalue weighted by molar-refractivity contribution is -0.154. The zero-order valence-electron chi connectivity index (χ0n) is 14.1. The summed E-state index contributed by atoms with van der Waals surface area (Å²) < 4.78 is 0. The molecule has 3 aliphatic rings.